The van der Waals surface area contributed by atoms with E-state index in [4.69, 9.17) is 10.5 Å². The molecule has 0 spiro atoms. The highest BCUT2D eigenvalue weighted by Crippen LogP contribution is 2.29. The maximum Gasteiger partial charge on any atom is 0.311 e. The first-order valence-electron chi connectivity index (χ1n) is 7.53. The molecular weight excluding hydrogens is 366 g/mol. The molecule has 0 aliphatic carbocycles. The summed E-state index contributed by atoms with van der Waals surface area (Å²) in [5.74, 6) is 1.08. The number of hydrogen-bond donors (Lipinski definition) is 1. The van der Waals surface area contributed by atoms with Crippen LogP contribution in [0.25, 0.3) is 0 Å². The summed E-state index contributed by atoms with van der Waals surface area (Å²) in [7, 11) is 3.16. The van der Waals surface area contributed by atoms with Gasteiger partial charge in [0.25, 0.3) is 0 Å². The molecule has 2 N–H and O–H groups in total. The number of carbonyl (C=O) groups is 1. The Morgan fingerprint density at radius 1 is 1.44 bits per heavy atom. The summed E-state index contributed by atoms with van der Waals surface area (Å²) >= 11 is 1.42. The molecule has 7 nitrogen and oxygen atoms in total. The number of thioether (sulfide) groups is 1. The van der Waals surface area contributed by atoms with E-state index in [2.05, 4.69) is 0 Å². The number of nitro benzene ring substituents is 1. The Morgan fingerprint density at radius 3 is 2.60 bits per heavy atom. The van der Waals surface area contributed by atoms with Crippen molar-refractivity contribution in [2.24, 2.45) is 11.1 Å². The number of amides is 1. The van der Waals surface area contributed by atoms with Gasteiger partial charge in [-0.2, -0.15) is 0 Å². The minimum atomic E-state index is -0.471. The van der Waals surface area contributed by atoms with Crippen LogP contribution in [0.4, 0.5) is 5.69 Å². The molecule has 0 bridgehead atoms. The summed E-state index contributed by atoms with van der Waals surface area (Å²) in [5.41, 5.74) is 6.28. The molecule has 0 aliphatic rings. The maximum absolute atomic E-state index is 12.1. The lowest BCUT2D eigenvalue weighted by Crippen LogP contribution is -2.40. The van der Waals surface area contributed by atoms with Crippen LogP contribution < -0.4 is 10.5 Å². The van der Waals surface area contributed by atoms with Gasteiger partial charge in [-0.05, 0) is 23.6 Å². The standard InChI is InChI=1S/C16H25N3O4S.ClH/c1-16(2,10-17)11-18(3)15(20)9-24-8-12-5-6-14(23-4)13(7-12)19(21)22;/h5-7H,8-11,17H2,1-4H3;1H. The van der Waals surface area contributed by atoms with Crippen LogP contribution in [0.1, 0.15) is 19.4 Å². The summed E-state index contributed by atoms with van der Waals surface area (Å²) in [4.78, 5) is 24.4. The fourth-order valence-corrected chi connectivity index (χ4v) is 3.04. The van der Waals surface area contributed by atoms with Crippen molar-refractivity contribution in [2.75, 3.05) is 33.0 Å². The lowest BCUT2D eigenvalue weighted by Gasteiger charge is -2.29. The Morgan fingerprint density at radius 2 is 2.08 bits per heavy atom. The zero-order valence-corrected chi connectivity index (χ0v) is 16.6. The van der Waals surface area contributed by atoms with E-state index < -0.39 is 4.92 Å². The summed E-state index contributed by atoms with van der Waals surface area (Å²) in [6.07, 6.45) is 0. The van der Waals surface area contributed by atoms with Crippen LogP contribution in [-0.2, 0) is 10.5 Å². The molecule has 142 valence electrons. The normalized spacial score (nSPS) is 10.8. The number of hydrogen-bond acceptors (Lipinski definition) is 6. The third-order valence-electron chi connectivity index (χ3n) is 3.58. The van der Waals surface area contributed by atoms with E-state index in [-0.39, 0.29) is 35.2 Å². The van der Waals surface area contributed by atoms with Crippen molar-refractivity contribution in [3.8, 4) is 5.75 Å². The van der Waals surface area contributed by atoms with Crippen molar-refractivity contribution in [2.45, 2.75) is 19.6 Å². The molecule has 0 atom stereocenters. The van der Waals surface area contributed by atoms with E-state index in [0.29, 0.717) is 24.6 Å². The van der Waals surface area contributed by atoms with Crippen molar-refractivity contribution in [3.05, 3.63) is 33.9 Å². The Balaban J connectivity index is 0.00000576. The molecular formula is C16H26ClN3O4S. The van der Waals surface area contributed by atoms with E-state index in [0.717, 1.165) is 5.56 Å². The van der Waals surface area contributed by atoms with Crippen LogP contribution in [0.5, 0.6) is 5.75 Å². The molecule has 0 saturated carbocycles. The van der Waals surface area contributed by atoms with Crippen molar-refractivity contribution in [1.82, 2.24) is 4.90 Å². The van der Waals surface area contributed by atoms with Gasteiger partial charge >= 0.3 is 5.69 Å². The molecule has 0 radical (unpaired) electrons. The monoisotopic (exact) mass is 391 g/mol. The first-order chi connectivity index (χ1) is 11.2. The highest BCUT2D eigenvalue weighted by Gasteiger charge is 2.21. The lowest BCUT2D eigenvalue weighted by molar-refractivity contribution is -0.385. The minimum absolute atomic E-state index is 0. The van der Waals surface area contributed by atoms with E-state index in [1.54, 1.807) is 24.1 Å². The number of benzene rings is 1. The second kappa shape index (κ2) is 10.5. The van der Waals surface area contributed by atoms with Gasteiger partial charge < -0.3 is 15.4 Å². The number of ether oxygens (including phenoxy) is 1. The number of halogens is 1. The molecule has 0 heterocycles. The zero-order chi connectivity index (χ0) is 18.3. The first-order valence-corrected chi connectivity index (χ1v) is 8.68. The van der Waals surface area contributed by atoms with E-state index in [1.807, 2.05) is 13.8 Å². The molecule has 0 aliphatic heterocycles. The van der Waals surface area contributed by atoms with Crippen LogP contribution in [-0.4, -0.2) is 48.7 Å². The van der Waals surface area contributed by atoms with Gasteiger partial charge in [-0.25, -0.2) is 0 Å². The highest BCUT2D eigenvalue weighted by atomic mass is 35.5. The minimum Gasteiger partial charge on any atom is -0.490 e. The zero-order valence-electron chi connectivity index (χ0n) is 15.0. The van der Waals surface area contributed by atoms with Gasteiger partial charge in [0, 0.05) is 25.4 Å². The lowest BCUT2D eigenvalue weighted by atomic mass is 9.93. The van der Waals surface area contributed by atoms with Gasteiger partial charge in [0.15, 0.2) is 5.75 Å². The average molecular weight is 392 g/mol. The quantitative estimate of drug-likeness (QED) is 0.513. The first kappa shape index (κ1) is 23.5. The van der Waals surface area contributed by atoms with Crippen molar-refractivity contribution >= 4 is 35.8 Å². The molecule has 1 rings (SSSR count). The third-order valence-corrected chi connectivity index (χ3v) is 4.57. The van der Waals surface area contributed by atoms with Crippen molar-refractivity contribution in [3.63, 3.8) is 0 Å². The third kappa shape index (κ3) is 7.50. The molecule has 9 heteroatoms. The fraction of sp³-hybridized carbons (Fsp3) is 0.562. The Hall–Kier alpha value is -1.51. The summed E-state index contributed by atoms with van der Waals surface area (Å²) < 4.78 is 4.97. The van der Waals surface area contributed by atoms with Gasteiger partial charge in [0.05, 0.1) is 17.8 Å². The SMILES string of the molecule is COc1ccc(CSCC(=O)N(C)CC(C)(C)CN)cc1[N+](=O)[O-].Cl. The molecule has 1 aromatic rings. The van der Waals surface area contributed by atoms with Crippen LogP contribution in [0.3, 0.4) is 0 Å². The van der Waals surface area contributed by atoms with Gasteiger partial charge in [-0.1, -0.05) is 19.9 Å². The summed E-state index contributed by atoms with van der Waals surface area (Å²) in [6.45, 7) is 5.13. The van der Waals surface area contributed by atoms with Gasteiger partial charge in [0.1, 0.15) is 0 Å². The summed E-state index contributed by atoms with van der Waals surface area (Å²) in [6, 6.07) is 4.83. The molecule has 1 amide bonds. The molecule has 1 aromatic carbocycles. The van der Waals surface area contributed by atoms with Gasteiger partial charge in [0.2, 0.25) is 5.91 Å². The Bertz CT molecular complexity index is 599. The van der Waals surface area contributed by atoms with E-state index in [1.165, 1.54) is 24.9 Å². The Labute approximate surface area is 158 Å². The topological polar surface area (TPSA) is 98.7 Å². The van der Waals surface area contributed by atoms with E-state index >= 15 is 0 Å². The fourth-order valence-electron chi connectivity index (χ4n) is 2.13. The van der Waals surface area contributed by atoms with Gasteiger partial charge in [-0.3, -0.25) is 14.9 Å². The van der Waals surface area contributed by atoms with Crippen LogP contribution in [0.15, 0.2) is 18.2 Å². The largest absolute Gasteiger partial charge is 0.490 e. The number of nitrogens with two attached hydrogens (primary N) is 1. The van der Waals surface area contributed by atoms with Crippen LogP contribution >= 0.6 is 24.2 Å². The second-order valence-corrected chi connectivity index (χ2v) is 7.36. The Kier molecular flexibility index (Phi) is 9.84. The number of methoxy groups -OCH3 is 1. The average Bonchev–Trinajstić information content (AvgIpc) is 2.54. The number of rotatable bonds is 9. The molecule has 0 fully saturated rings. The second-order valence-electron chi connectivity index (χ2n) is 6.37. The predicted octanol–water partition coefficient (Wildman–Crippen LogP) is 2.70. The van der Waals surface area contributed by atoms with E-state index in [9.17, 15) is 14.9 Å². The number of carbonyl (C=O) groups excluding carboxylic acids is 1. The van der Waals surface area contributed by atoms with Crippen LogP contribution in [0, 0.1) is 15.5 Å². The van der Waals surface area contributed by atoms with Crippen molar-refractivity contribution in [1.29, 1.82) is 0 Å². The van der Waals surface area contributed by atoms with Crippen LogP contribution in [0.2, 0.25) is 0 Å². The van der Waals surface area contributed by atoms with Crippen molar-refractivity contribution < 1.29 is 14.5 Å². The predicted molar refractivity (Wildman–Crippen MR) is 104 cm³/mol. The van der Waals surface area contributed by atoms with Gasteiger partial charge in [-0.15, -0.1) is 24.2 Å². The number of nitrogens with zero attached hydrogens (tertiary/aromatic N) is 2. The smallest absolute Gasteiger partial charge is 0.311 e. The molecule has 0 unspecified atom stereocenters. The molecule has 25 heavy (non-hydrogen) atoms. The maximum atomic E-state index is 12.1. The summed E-state index contributed by atoms with van der Waals surface area (Å²) in [5, 5.41) is 11.0. The number of nitro groups is 1. The molecule has 0 aromatic heterocycles. The highest BCUT2D eigenvalue weighted by molar-refractivity contribution is 7.99. The molecule has 0 saturated heterocycles.